The Balaban J connectivity index is 2.80. The zero-order valence-corrected chi connectivity index (χ0v) is 9.10. The Morgan fingerprint density at radius 2 is 2.33 bits per heavy atom. The van der Waals surface area contributed by atoms with Crippen LogP contribution in [0.4, 0.5) is 0 Å². The first-order valence-electron chi connectivity index (χ1n) is 4.53. The van der Waals surface area contributed by atoms with Gasteiger partial charge in [0.15, 0.2) is 5.82 Å². The van der Waals surface area contributed by atoms with Gasteiger partial charge < -0.3 is 10.5 Å². The number of aryl methyl sites for hydroxylation is 1. The summed E-state index contributed by atoms with van der Waals surface area (Å²) < 4.78 is 4.68. The molecule has 1 aromatic heterocycles. The van der Waals surface area contributed by atoms with Crippen molar-refractivity contribution in [2.75, 3.05) is 13.7 Å². The van der Waals surface area contributed by atoms with Gasteiger partial charge in [-0.05, 0) is 12.1 Å². The molecular formula is C8H15N5O2. The number of carbonyl (C=O) groups excluding carboxylic acids is 1. The first kappa shape index (κ1) is 11.6. The SMILES string of the molecule is COC(=O)C(C)(CN)Cc1nnn(C)n1. The van der Waals surface area contributed by atoms with E-state index in [0.29, 0.717) is 12.2 Å². The Hall–Kier alpha value is -1.50. The Morgan fingerprint density at radius 1 is 1.67 bits per heavy atom. The van der Waals surface area contributed by atoms with Crippen LogP contribution in [0.25, 0.3) is 0 Å². The predicted molar refractivity (Wildman–Crippen MR) is 51.7 cm³/mol. The molecule has 0 aliphatic rings. The van der Waals surface area contributed by atoms with E-state index in [-0.39, 0.29) is 12.5 Å². The minimum atomic E-state index is -0.794. The van der Waals surface area contributed by atoms with Gasteiger partial charge in [0, 0.05) is 13.0 Å². The highest BCUT2D eigenvalue weighted by molar-refractivity contribution is 5.76. The van der Waals surface area contributed by atoms with Gasteiger partial charge in [-0.15, -0.1) is 10.2 Å². The number of ether oxygens (including phenoxy) is 1. The second-order valence-corrected chi connectivity index (χ2v) is 3.63. The van der Waals surface area contributed by atoms with Crippen molar-refractivity contribution >= 4 is 5.97 Å². The van der Waals surface area contributed by atoms with E-state index < -0.39 is 5.41 Å². The van der Waals surface area contributed by atoms with E-state index in [1.807, 2.05) is 0 Å². The van der Waals surface area contributed by atoms with Crippen molar-refractivity contribution in [3.05, 3.63) is 5.82 Å². The predicted octanol–water partition coefficient (Wildman–Crippen LogP) is -1.11. The molecule has 7 heteroatoms. The fourth-order valence-corrected chi connectivity index (χ4v) is 1.22. The average Bonchev–Trinajstić information content (AvgIpc) is 2.62. The number of rotatable bonds is 4. The Labute approximate surface area is 87.6 Å². The summed E-state index contributed by atoms with van der Waals surface area (Å²) in [6.45, 7) is 1.90. The summed E-state index contributed by atoms with van der Waals surface area (Å²) in [4.78, 5) is 12.8. The van der Waals surface area contributed by atoms with E-state index in [1.165, 1.54) is 11.9 Å². The van der Waals surface area contributed by atoms with Crippen LogP contribution >= 0.6 is 0 Å². The summed E-state index contributed by atoms with van der Waals surface area (Å²) in [6, 6.07) is 0. The van der Waals surface area contributed by atoms with Crippen molar-refractivity contribution in [1.82, 2.24) is 20.2 Å². The number of carbonyl (C=O) groups is 1. The van der Waals surface area contributed by atoms with Crippen LogP contribution in [0.3, 0.4) is 0 Å². The van der Waals surface area contributed by atoms with Crippen LogP contribution in [-0.4, -0.2) is 39.8 Å². The smallest absolute Gasteiger partial charge is 0.313 e. The minimum absolute atomic E-state index is 0.178. The molecule has 0 bridgehead atoms. The molecule has 0 aromatic carbocycles. The van der Waals surface area contributed by atoms with E-state index >= 15 is 0 Å². The number of esters is 1. The van der Waals surface area contributed by atoms with Gasteiger partial charge in [0.2, 0.25) is 0 Å². The molecule has 1 heterocycles. The van der Waals surface area contributed by atoms with Gasteiger partial charge in [-0.1, -0.05) is 0 Å². The van der Waals surface area contributed by atoms with Crippen LogP contribution in [0, 0.1) is 5.41 Å². The summed E-state index contributed by atoms with van der Waals surface area (Å²) in [5.74, 6) is 0.119. The monoisotopic (exact) mass is 213 g/mol. The molecule has 0 saturated carbocycles. The van der Waals surface area contributed by atoms with Gasteiger partial charge in [-0.25, -0.2) is 0 Å². The van der Waals surface area contributed by atoms with Crippen molar-refractivity contribution in [3.63, 3.8) is 0 Å². The molecule has 15 heavy (non-hydrogen) atoms. The van der Waals surface area contributed by atoms with E-state index in [1.54, 1.807) is 14.0 Å². The zero-order valence-electron chi connectivity index (χ0n) is 9.10. The molecule has 0 amide bonds. The van der Waals surface area contributed by atoms with Crippen molar-refractivity contribution in [3.8, 4) is 0 Å². The molecule has 1 atom stereocenters. The van der Waals surface area contributed by atoms with Crippen molar-refractivity contribution in [1.29, 1.82) is 0 Å². The normalized spacial score (nSPS) is 14.7. The molecule has 84 valence electrons. The van der Waals surface area contributed by atoms with E-state index in [2.05, 4.69) is 20.1 Å². The lowest BCUT2D eigenvalue weighted by atomic mass is 9.87. The standard InChI is InChI=1S/C8H15N5O2/c1-8(5-9,7(14)15-3)4-6-10-12-13(2)11-6/h4-5,9H2,1-3H3. The fraction of sp³-hybridized carbons (Fsp3) is 0.750. The molecule has 0 aliphatic heterocycles. The van der Waals surface area contributed by atoms with Crippen molar-refractivity contribution in [2.24, 2.45) is 18.2 Å². The first-order valence-corrected chi connectivity index (χ1v) is 4.53. The quantitative estimate of drug-likeness (QED) is 0.637. The van der Waals surface area contributed by atoms with Crippen LogP contribution in [-0.2, 0) is 23.0 Å². The van der Waals surface area contributed by atoms with Crippen molar-refractivity contribution in [2.45, 2.75) is 13.3 Å². The van der Waals surface area contributed by atoms with E-state index in [4.69, 9.17) is 5.73 Å². The number of nitrogens with two attached hydrogens (primary N) is 1. The van der Waals surface area contributed by atoms with Crippen LogP contribution < -0.4 is 5.73 Å². The third kappa shape index (κ3) is 2.50. The molecule has 2 N–H and O–H groups in total. The Morgan fingerprint density at radius 3 is 2.73 bits per heavy atom. The number of hydrogen-bond donors (Lipinski definition) is 1. The first-order chi connectivity index (χ1) is 7.01. The Kier molecular flexibility index (Phi) is 3.35. The van der Waals surface area contributed by atoms with Crippen molar-refractivity contribution < 1.29 is 9.53 Å². The molecule has 0 fully saturated rings. The highest BCUT2D eigenvalue weighted by Gasteiger charge is 2.34. The maximum Gasteiger partial charge on any atom is 0.313 e. The number of methoxy groups -OCH3 is 1. The molecule has 0 spiro atoms. The summed E-state index contributed by atoms with van der Waals surface area (Å²) >= 11 is 0. The molecule has 0 radical (unpaired) electrons. The van der Waals surface area contributed by atoms with Gasteiger partial charge in [0.05, 0.1) is 19.6 Å². The lowest BCUT2D eigenvalue weighted by molar-refractivity contribution is -0.151. The number of nitrogens with zero attached hydrogens (tertiary/aromatic N) is 4. The number of hydrogen-bond acceptors (Lipinski definition) is 6. The molecule has 1 aromatic rings. The highest BCUT2D eigenvalue weighted by Crippen LogP contribution is 2.20. The van der Waals surface area contributed by atoms with Crippen LogP contribution in [0.1, 0.15) is 12.7 Å². The average molecular weight is 213 g/mol. The van der Waals surface area contributed by atoms with E-state index in [9.17, 15) is 4.79 Å². The third-order valence-electron chi connectivity index (χ3n) is 2.23. The van der Waals surface area contributed by atoms with Crippen LogP contribution in [0.5, 0.6) is 0 Å². The zero-order chi connectivity index (χ0) is 11.5. The molecular weight excluding hydrogens is 198 g/mol. The fourth-order valence-electron chi connectivity index (χ4n) is 1.22. The van der Waals surface area contributed by atoms with Gasteiger partial charge in [-0.2, -0.15) is 4.80 Å². The maximum absolute atomic E-state index is 11.5. The maximum atomic E-state index is 11.5. The van der Waals surface area contributed by atoms with Crippen LogP contribution in [0.15, 0.2) is 0 Å². The van der Waals surface area contributed by atoms with Gasteiger partial charge >= 0.3 is 5.97 Å². The molecule has 7 nitrogen and oxygen atoms in total. The summed E-state index contributed by atoms with van der Waals surface area (Å²) in [5, 5.41) is 11.5. The topological polar surface area (TPSA) is 95.9 Å². The number of aromatic nitrogens is 4. The second-order valence-electron chi connectivity index (χ2n) is 3.63. The van der Waals surface area contributed by atoms with Gasteiger partial charge in [-0.3, -0.25) is 4.79 Å². The molecule has 1 unspecified atom stereocenters. The summed E-state index contributed by atoms with van der Waals surface area (Å²) in [6.07, 6.45) is 0.323. The summed E-state index contributed by atoms with van der Waals surface area (Å²) in [7, 11) is 2.99. The lowest BCUT2D eigenvalue weighted by Gasteiger charge is -2.22. The molecule has 0 saturated heterocycles. The van der Waals surface area contributed by atoms with Gasteiger partial charge in [0.25, 0.3) is 0 Å². The van der Waals surface area contributed by atoms with Gasteiger partial charge in [0.1, 0.15) is 0 Å². The number of tetrazole rings is 1. The highest BCUT2D eigenvalue weighted by atomic mass is 16.5. The Bertz CT molecular complexity index is 351. The summed E-state index contributed by atoms with van der Waals surface area (Å²) in [5.41, 5.74) is 4.76. The lowest BCUT2D eigenvalue weighted by Crippen LogP contribution is -2.39. The third-order valence-corrected chi connectivity index (χ3v) is 2.23. The minimum Gasteiger partial charge on any atom is -0.469 e. The largest absolute Gasteiger partial charge is 0.469 e. The van der Waals surface area contributed by atoms with E-state index in [0.717, 1.165) is 0 Å². The molecule has 0 aliphatic carbocycles. The molecule has 1 rings (SSSR count). The van der Waals surface area contributed by atoms with Crippen LogP contribution in [0.2, 0.25) is 0 Å². The second kappa shape index (κ2) is 4.35.